The Morgan fingerprint density at radius 3 is 2.86 bits per heavy atom. The van der Waals surface area contributed by atoms with Gasteiger partial charge in [-0.2, -0.15) is 0 Å². The van der Waals surface area contributed by atoms with Crippen molar-refractivity contribution in [3.8, 4) is 0 Å². The fourth-order valence-corrected chi connectivity index (χ4v) is 4.92. The Hall–Kier alpha value is -2.32. The Morgan fingerprint density at radius 1 is 1.28 bits per heavy atom. The summed E-state index contributed by atoms with van der Waals surface area (Å²) in [6.07, 6.45) is 0.128. The van der Waals surface area contributed by atoms with E-state index in [0.717, 1.165) is 27.0 Å². The zero-order chi connectivity index (χ0) is 20.5. The van der Waals surface area contributed by atoms with Crippen molar-refractivity contribution in [3.63, 3.8) is 0 Å². The first-order valence-electron chi connectivity index (χ1n) is 9.31. The number of nitrogens with one attached hydrogen (secondary N) is 1. The van der Waals surface area contributed by atoms with Gasteiger partial charge >= 0.3 is 0 Å². The lowest BCUT2D eigenvalue weighted by atomic mass is 10.1. The number of thioether (sulfide) groups is 1. The lowest BCUT2D eigenvalue weighted by Crippen LogP contribution is -2.46. The number of benzene rings is 2. The number of halogens is 1. The van der Waals surface area contributed by atoms with Crippen LogP contribution in [0.15, 0.2) is 51.9 Å². The predicted octanol–water partition coefficient (Wildman–Crippen LogP) is 4.13. The van der Waals surface area contributed by atoms with E-state index >= 15 is 0 Å². The number of amidine groups is 1. The number of aryl methyl sites for hydroxylation is 2. The first-order valence-corrected chi connectivity index (χ1v) is 11.0. The molecule has 0 aliphatic carbocycles. The van der Waals surface area contributed by atoms with E-state index in [2.05, 4.69) is 26.2 Å². The van der Waals surface area contributed by atoms with Crippen LogP contribution in [0.2, 0.25) is 0 Å². The maximum atomic E-state index is 12.9. The van der Waals surface area contributed by atoms with Crippen molar-refractivity contribution in [2.75, 3.05) is 23.6 Å². The number of amides is 2. The lowest BCUT2D eigenvalue weighted by Gasteiger charge is -2.32. The highest BCUT2D eigenvalue weighted by Crippen LogP contribution is 2.33. The zero-order valence-electron chi connectivity index (χ0n) is 16.2. The average Bonchev–Trinajstić information content (AvgIpc) is 2.99. The molecule has 8 heteroatoms. The van der Waals surface area contributed by atoms with E-state index in [-0.39, 0.29) is 18.2 Å². The second-order valence-electron chi connectivity index (χ2n) is 7.19. The Morgan fingerprint density at radius 2 is 2.10 bits per heavy atom. The van der Waals surface area contributed by atoms with Crippen molar-refractivity contribution in [3.05, 3.63) is 58.1 Å². The molecule has 4 rings (SSSR count). The summed E-state index contributed by atoms with van der Waals surface area (Å²) in [4.78, 5) is 33.7. The summed E-state index contributed by atoms with van der Waals surface area (Å²) >= 11 is 4.86. The summed E-state index contributed by atoms with van der Waals surface area (Å²) in [5.41, 5.74) is 3.94. The fraction of sp³-hybridized carbons (Fsp3) is 0.286. The molecule has 1 atom stereocenters. The van der Waals surface area contributed by atoms with Gasteiger partial charge in [0.2, 0.25) is 11.8 Å². The average molecular weight is 473 g/mol. The highest BCUT2D eigenvalue weighted by molar-refractivity contribution is 9.10. The zero-order valence-corrected chi connectivity index (χ0v) is 18.6. The molecule has 2 heterocycles. The highest BCUT2D eigenvalue weighted by atomic mass is 79.9. The van der Waals surface area contributed by atoms with Crippen LogP contribution in [0.25, 0.3) is 0 Å². The van der Waals surface area contributed by atoms with Crippen LogP contribution >= 0.6 is 27.7 Å². The van der Waals surface area contributed by atoms with Gasteiger partial charge in [0.1, 0.15) is 18.6 Å². The summed E-state index contributed by atoms with van der Waals surface area (Å²) in [6.45, 7) is 4.91. The molecule has 0 aromatic heterocycles. The summed E-state index contributed by atoms with van der Waals surface area (Å²) in [7, 11) is 0. The normalized spacial score (nSPS) is 18.5. The maximum absolute atomic E-state index is 12.9. The van der Waals surface area contributed by atoms with E-state index in [9.17, 15) is 9.59 Å². The molecule has 150 valence electrons. The van der Waals surface area contributed by atoms with Crippen LogP contribution < -0.4 is 10.2 Å². The van der Waals surface area contributed by atoms with Crippen LogP contribution in [0.1, 0.15) is 17.5 Å². The molecule has 0 saturated carbocycles. The van der Waals surface area contributed by atoms with Gasteiger partial charge in [-0.15, -0.1) is 0 Å². The Bertz CT molecular complexity index is 1010. The fourth-order valence-electron chi connectivity index (χ4n) is 3.41. The first kappa shape index (κ1) is 20.0. The highest BCUT2D eigenvalue weighted by Gasteiger charge is 2.41. The largest absolute Gasteiger partial charge is 0.334 e. The van der Waals surface area contributed by atoms with Crippen molar-refractivity contribution in [2.45, 2.75) is 25.5 Å². The summed E-state index contributed by atoms with van der Waals surface area (Å²) in [5, 5.41) is 3.19. The van der Waals surface area contributed by atoms with Crippen molar-refractivity contribution in [1.29, 1.82) is 0 Å². The van der Waals surface area contributed by atoms with Crippen LogP contribution in [0.4, 0.5) is 11.4 Å². The topological polar surface area (TPSA) is 65.0 Å². The van der Waals surface area contributed by atoms with Crippen molar-refractivity contribution in [1.82, 2.24) is 4.90 Å². The summed E-state index contributed by atoms with van der Waals surface area (Å²) < 4.78 is 0.979. The number of carbonyl (C=O) groups is 2. The predicted molar refractivity (Wildman–Crippen MR) is 121 cm³/mol. The van der Waals surface area contributed by atoms with Crippen LogP contribution in [-0.2, 0) is 9.59 Å². The van der Waals surface area contributed by atoms with Gasteiger partial charge in [0, 0.05) is 22.3 Å². The SMILES string of the molecule is Cc1ccc(NC(=O)C[C@H]2SC3=NCN(c4cccc(Br)c4)CN3C2=O)c(C)c1. The Kier molecular flexibility index (Phi) is 5.65. The van der Waals surface area contributed by atoms with Crippen molar-refractivity contribution in [2.24, 2.45) is 4.99 Å². The van der Waals surface area contributed by atoms with Crippen LogP contribution in [0, 0.1) is 13.8 Å². The summed E-state index contributed by atoms with van der Waals surface area (Å²) in [6, 6.07) is 13.8. The van der Waals surface area contributed by atoms with Crippen molar-refractivity contribution < 1.29 is 9.59 Å². The minimum Gasteiger partial charge on any atom is -0.334 e. The third kappa shape index (κ3) is 4.33. The van der Waals surface area contributed by atoms with Gasteiger partial charge < -0.3 is 10.2 Å². The van der Waals surface area contributed by atoms with Gasteiger partial charge in [-0.05, 0) is 43.7 Å². The van der Waals surface area contributed by atoms with E-state index < -0.39 is 5.25 Å². The van der Waals surface area contributed by atoms with E-state index in [4.69, 9.17) is 0 Å². The quantitative estimate of drug-likeness (QED) is 0.726. The number of hydrogen-bond acceptors (Lipinski definition) is 5. The van der Waals surface area contributed by atoms with Crippen molar-refractivity contribution >= 4 is 56.0 Å². The van der Waals surface area contributed by atoms with Gasteiger partial charge in [-0.25, -0.2) is 4.99 Å². The molecule has 1 fully saturated rings. The lowest BCUT2D eigenvalue weighted by molar-refractivity contribution is -0.128. The second-order valence-corrected chi connectivity index (χ2v) is 9.27. The van der Waals surface area contributed by atoms with E-state index in [1.54, 1.807) is 4.90 Å². The molecule has 2 aliphatic heterocycles. The number of rotatable bonds is 4. The molecule has 0 radical (unpaired) electrons. The maximum Gasteiger partial charge on any atom is 0.244 e. The molecule has 0 bridgehead atoms. The summed E-state index contributed by atoms with van der Waals surface area (Å²) in [5.74, 6) is -0.226. The first-order chi connectivity index (χ1) is 13.9. The Labute approximate surface area is 182 Å². The molecule has 0 spiro atoms. The third-order valence-electron chi connectivity index (χ3n) is 4.91. The molecular weight excluding hydrogens is 452 g/mol. The minimum atomic E-state index is -0.443. The van der Waals surface area contributed by atoms with E-state index in [1.807, 2.05) is 61.2 Å². The number of carbonyl (C=O) groups excluding carboxylic acids is 2. The van der Waals surface area contributed by atoms with Crippen LogP contribution in [0.3, 0.4) is 0 Å². The van der Waals surface area contributed by atoms with E-state index in [0.29, 0.717) is 18.5 Å². The molecule has 29 heavy (non-hydrogen) atoms. The van der Waals surface area contributed by atoms with Gasteiger partial charge in [0.25, 0.3) is 0 Å². The van der Waals surface area contributed by atoms with Crippen LogP contribution in [0.5, 0.6) is 0 Å². The minimum absolute atomic E-state index is 0.0655. The van der Waals surface area contributed by atoms with Gasteiger partial charge in [0.05, 0.1) is 0 Å². The van der Waals surface area contributed by atoms with Gasteiger partial charge in [-0.3, -0.25) is 14.5 Å². The molecule has 0 unspecified atom stereocenters. The number of anilines is 2. The standard InChI is InChI=1S/C21H21BrN4O2S/c1-13-6-7-17(14(2)8-13)24-19(27)10-18-20(28)26-12-25(11-23-21(26)29-18)16-5-3-4-15(22)9-16/h3-9,18H,10-12H2,1-2H3,(H,24,27)/t18-/m1/s1. The van der Waals surface area contributed by atoms with E-state index in [1.165, 1.54) is 11.8 Å². The van der Waals surface area contributed by atoms with Gasteiger partial charge in [-0.1, -0.05) is 51.5 Å². The Balaban J connectivity index is 1.41. The number of nitrogens with zero attached hydrogens (tertiary/aromatic N) is 3. The van der Waals surface area contributed by atoms with Crippen LogP contribution in [-0.4, -0.2) is 40.5 Å². The third-order valence-corrected chi connectivity index (χ3v) is 6.62. The molecule has 2 aromatic rings. The number of hydrogen-bond donors (Lipinski definition) is 1. The molecule has 2 aromatic carbocycles. The molecule has 6 nitrogen and oxygen atoms in total. The molecular formula is C21H21BrN4O2S. The molecule has 2 aliphatic rings. The number of fused-ring (bicyclic) bond motifs is 1. The van der Waals surface area contributed by atoms with Gasteiger partial charge in [0.15, 0.2) is 5.17 Å². The molecule has 1 N–H and O–H groups in total. The molecule has 2 amide bonds. The second kappa shape index (κ2) is 8.20. The monoisotopic (exact) mass is 472 g/mol. The number of aliphatic imine (C=N–C) groups is 1. The smallest absolute Gasteiger partial charge is 0.244 e. The molecule has 1 saturated heterocycles.